The summed E-state index contributed by atoms with van der Waals surface area (Å²) in [5.74, 6) is 0.874. The normalized spacial score (nSPS) is 16.5. The number of hydrogen-bond acceptors (Lipinski definition) is 9. The van der Waals surface area contributed by atoms with Gasteiger partial charge in [-0.1, -0.05) is 66.5 Å². The third-order valence-electron chi connectivity index (χ3n) is 8.54. The number of fused-ring (bicyclic) bond motifs is 1. The van der Waals surface area contributed by atoms with Crippen LogP contribution in [0.1, 0.15) is 18.4 Å². The minimum absolute atomic E-state index is 0.224. The maximum Gasteiger partial charge on any atom is 0.410 e. The summed E-state index contributed by atoms with van der Waals surface area (Å²) in [7, 11) is -1.38. The zero-order valence-electron chi connectivity index (χ0n) is 26.5. The molecule has 10 nitrogen and oxygen atoms in total. The molecule has 0 aliphatic carbocycles. The minimum Gasteiger partial charge on any atom is -0.445 e. The molecule has 0 radical (unpaired) electrons. The largest absolute Gasteiger partial charge is 0.445 e. The quantitative estimate of drug-likeness (QED) is 0.177. The summed E-state index contributed by atoms with van der Waals surface area (Å²) in [4.78, 5) is 31.5. The van der Waals surface area contributed by atoms with Crippen molar-refractivity contribution >= 4 is 51.6 Å². The molecule has 1 unspecified atom stereocenters. The van der Waals surface area contributed by atoms with Gasteiger partial charge in [-0.05, 0) is 54.3 Å². The summed E-state index contributed by atoms with van der Waals surface area (Å²) in [6, 6.07) is 27.1. The molecule has 2 aliphatic rings. The summed E-state index contributed by atoms with van der Waals surface area (Å²) in [6.07, 6.45) is 7.04. The first-order chi connectivity index (χ1) is 23.6. The van der Waals surface area contributed by atoms with Gasteiger partial charge in [0.25, 0.3) is 0 Å². The number of amides is 1. The highest BCUT2D eigenvalue weighted by molar-refractivity contribution is 7.97. The van der Waals surface area contributed by atoms with Crippen LogP contribution in [0.15, 0.2) is 108 Å². The zero-order chi connectivity index (χ0) is 32.7. The molecule has 4 heterocycles. The lowest BCUT2D eigenvalue weighted by Crippen LogP contribution is -2.45. The summed E-state index contributed by atoms with van der Waals surface area (Å²) in [5, 5.41) is 0.495. The minimum atomic E-state index is -1.38. The molecule has 246 valence electrons. The van der Waals surface area contributed by atoms with Crippen molar-refractivity contribution < 1.29 is 13.7 Å². The topological polar surface area (TPSA) is 104 Å². The number of carbonyl (C=O) groups is 1. The van der Waals surface area contributed by atoms with Crippen LogP contribution in [0, 0.1) is 0 Å². The van der Waals surface area contributed by atoms with Gasteiger partial charge in [0.15, 0.2) is 0 Å². The van der Waals surface area contributed by atoms with Crippen molar-refractivity contribution in [1.82, 2.24) is 24.2 Å². The third kappa shape index (κ3) is 7.95. The van der Waals surface area contributed by atoms with Crippen molar-refractivity contribution in [2.45, 2.75) is 29.6 Å². The van der Waals surface area contributed by atoms with Crippen molar-refractivity contribution in [2.75, 3.05) is 48.9 Å². The van der Waals surface area contributed by atoms with Crippen LogP contribution >= 0.6 is 11.9 Å². The van der Waals surface area contributed by atoms with Crippen molar-refractivity contribution in [3.8, 4) is 11.1 Å². The maximum absolute atomic E-state index is 12.8. The molecule has 2 fully saturated rings. The number of nitrogens with zero attached hydrogens (tertiary/aromatic N) is 6. The van der Waals surface area contributed by atoms with E-state index in [-0.39, 0.29) is 6.09 Å². The first-order valence-electron chi connectivity index (χ1n) is 16.2. The number of hydrogen-bond donors (Lipinski definition) is 1. The number of nitrogens with one attached hydrogen (secondary N) is 1. The lowest BCUT2D eigenvalue weighted by atomic mass is 10.1. The van der Waals surface area contributed by atoms with Gasteiger partial charge in [-0.2, -0.15) is 0 Å². The Kier molecular flexibility index (Phi) is 10.1. The number of carbonyl (C=O) groups excluding carboxylic acids is 1. The Balaban J connectivity index is 0.911. The number of piperazine rings is 1. The summed E-state index contributed by atoms with van der Waals surface area (Å²) >= 11 is 1.93. The second-order valence-electron chi connectivity index (χ2n) is 11.8. The van der Waals surface area contributed by atoms with Gasteiger partial charge in [-0.25, -0.2) is 18.3 Å². The van der Waals surface area contributed by atoms with Crippen molar-refractivity contribution in [3.63, 3.8) is 0 Å². The van der Waals surface area contributed by atoms with Gasteiger partial charge < -0.3 is 14.5 Å². The van der Waals surface area contributed by atoms with E-state index in [1.165, 1.54) is 0 Å². The first kappa shape index (κ1) is 32.0. The molecule has 3 aromatic carbocycles. The van der Waals surface area contributed by atoms with Gasteiger partial charge >= 0.3 is 6.09 Å². The fourth-order valence-corrected chi connectivity index (χ4v) is 7.95. The Morgan fingerprint density at radius 1 is 0.833 bits per heavy atom. The predicted octanol–water partition coefficient (Wildman–Crippen LogP) is 6.40. The lowest BCUT2D eigenvalue weighted by molar-refractivity contribution is 0.0900. The SMILES string of the molecule is O=C(OCc1ccccc1)N1CCC(SN2CCN(c3cnc4ccc(-c5cncc(NS(=O)c6ccccc6)c5)cc4n3)CC2)CC1. The highest BCUT2D eigenvalue weighted by atomic mass is 32.2. The second kappa shape index (κ2) is 15.1. The summed E-state index contributed by atoms with van der Waals surface area (Å²) in [5.41, 5.74) is 5.20. The smallest absolute Gasteiger partial charge is 0.410 e. The molecule has 2 saturated heterocycles. The highest BCUT2D eigenvalue weighted by Gasteiger charge is 2.27. The highest BCUT2D eigenvalue weighted by Crippen LogP contribution is 2.30. The van der Waals surface area contributed by atoms with Gasteiger partial charge in [-0.3, -0.25) is 14.7 Å². The van der Waals surface area contributed by atoms with Crippen LogP contribution in [-0.4, -0.2) is 79.0 Å². The fraction of sp³-hybridized carbons (Fsp3) is 0.278. The van der Waals surface area contributed by atoms with Crippen LogP contribution in [0.5, 0.6) is 0 Å². The van der Waals surface area contributed by atoms with Crippen LogP contribution in [0.2, 0.25) is 0 Å². The van der Waals surface area contributed by atoms with Crippen molar-refractivity contribution in [1.29, 1.82) is 0 Å². The van der Waals surface area contributed by atoms with Crippen LogP contribution < -0.4 is 9.62 Å². The molecule has 48 heavy (non-hydrogen) atoms. The Morgan fingerprint density at radius 2 is 1.58 bits per heavy atom. The van der Waals surface area contributed by atoms with Gasteiger partial charge in [-0.15, -0.1) is 0 Å². The number of piperidine rings is 1. The van der Waals surface area contributed by atoms with Crippen LogP contribution in [0.3, 0.4) is 0 Å². The van der Waals surface area contributed by atoms with E-state index in [1.807, 2.05) is 108 Å². The number of anilines is 2. The van der Waals surface area contributed by atoms with E-state index in [0.29, 0.717) is 22.4 Å². The Labute approximate surface area is 287 Å². The number of pyridine rings is 1. The van der Waals surface area contributed by atoms with Gasteiger partial charge in [0.1, 0.15) is 23.4 Å². The van der Waals surface area contributed by atoms with Crippen molar-refractivity contribution in [3.05, 3.63) is 109 Å². The monoisotopic (exact) mass is 679 g/mol. The standard InChI is InChI=1S/C36H37N7O3S2/c44-36(46-26-27-7-3-1-4-8-27)42-15-13-31(14-16-42)47-43-19-17-41(18-20-43)35-25-38-33-12-11-28(22-34(33)39-35)29-21-30(24-37-23-29)40-48(45)32-9-5-2-6-10-32/h1-12,21-25,31,40H,13-20,26H2. The molecule has 1 N–H and O–H groups in total. The molecule has 0 spiro atoms. The number of benzene rings is 3. The van der Waals surface area contributed by atoms with E-state index in [2.05, 4.69) is 18.9 Å². The fourth-order valence-electron chi connectivity index (χ4n) is 5.89. The molecule has 1 atom stereocenters. The van der Waals surface area contributed by atoms with E-state index in [9.17, 15) is 9.00 Å². The number of ether oxygens (including phenoxy) is 1. The molecule has 0 saturated carbocycles. The molecule has 12 heteroatoms. The number of likely N-dealkylation sites (tertiary alicyclic amines) is 1. The van der Waals surface area contributed by atoms with Crippen LogP contribution in [0.4, 0.5) is 16.3 Å². The van der Waals surface area contributed by atoms with E-state index in [1.54, 1.807) is 12.4 Å². The van der Waals surface area contributed by atoms with E-state index in [4.69, 9.17) is 14.7 Å². The van der Waals surface area contributed by atoms with Crippen LogP contribution in [-0.2, 0) is 22.3 Å². The number of aromatic nitrogens is 3. The van der Waals surface area contributed by atoms with Crippen LogP contribution in [0.25, 0.3) is 22.2 Å². The summed E-state index contributed by atoms with van der Waals surface area (Å²) in [6.45, 7) is 5.36. The van der Waals surface area contributed by atoms with Gasteiger partial charge in [0, 0.05) is 56.3 Å². The molecule has 2 aromatic heterocycles. The van der Waals surface area contributed by atoms with Gasteiger partial charge in [0.2, 0.25) is 0 Å². The maximum atomic E-state index is 12.8. The Bertz CT molecular complexity index is 1870. The zero-order valence-corrected chi connectivity index (χ0v) is 28.1. The second-order valence-corrected chi connectivity index (χ2v) is 14.4. The van der Waals surface area contributed by atoms with E-state index in [0.717, 1.165) is 85.7 Å². The summed E-state index contributed by atoms with van der Waals surface area (Å²) < 4.78 is 23.8. The predicted molar refractivity (Wildman–Crippen MR) is 192 cm³/mol. The Morgan fingerprint density at radius 3 is 2.35 bits per heavy atom. The molecule has 2 aliphatic heterocycles. The van der Waals surface area contributed by atoms with E-state index >= 15 is 0 Å². The molecule has 7 rings (SSSR count). The molecular weight excluding hydrogens is 643 g/mol. The molecule has 0 bridgehead atoms. The molecular formula is C36H37N7O3S2. The average Bonchev–Trinajstić information content (AvgIpc) is 3.15. The van der Waals surface area contributed by atoms with Crippen molar-refractivity contribution in [2.24, 2.45) is 0 Å². The molecule has 5 aromatic rings. The Hall–Kier alpha value is -4.52. The van der Waals surface area contributed by atoms with Gasteiger partial charge in [0.05, 0.1) is 34.0 Å². The molecule has 1 amide bonds. The average molecular weight is 680 g/mol. The third-order valence-corrected chi connectivity index (χ3v) is 11.1. The number of rotatable bonds is 9. The lowest BCUT2D eigenvalue weighted by Gasteiger charge is -2.38. The van der Waals surface area contributed by atoms with E-state index < -0.39 is 11.0 Å². The first-order valence-corrected chi connectivity index (χ1v) is 18.1.